The molecule has 0 saturated carbocycles. The van der Waals surface area contributed by atoms with Gasteiger partial charge in [-0.1, -0.05) is 0 Å². The van der Waals surface area contributed by atoms with Crippen LogP contribution in [0.15, 0.2) is 0 Å². The van der Waals surface area contributed by atoms with E-state index in [2.05, 4.69) is 10.1 Å². The lowest BCUT2D eigenvalue weighted by atomic mass is 10.2. The molecule has 18 heavy (non-hydrogen) atoms. The predicted molar refractivity (Wildman–Crippen MR) is 64.2 cm³/mol. The molecule has 2 N–H and O–H groups in total. The van der Waals surface area contributed by atoms with Crippen molar-refractivity contribution in [2.24, 2.45) is 0 Å². The number of carbonyl (C=O) groups is 3. The number of ether oxygens (including phenoxy) is 2. The summed E-state index contributed by atoms with van der Waals surface area (Å²) in [6, 6.07) is 0. The quantitative estimate of drug-likeness (QED) is 0.570. The summed E-state index contributed by atoms with van der Waals surface area (Å²) in [6.45, 7) is 6.00. The van der Waals surface area contributed by atoms with Crippen molar-refractivity contribution in [3.05, 3.63) is 0 Å². The second-order valence-corrected chi connectivity index (χ2v) is 4.26. The summed E-state index contributed by atoms with van der Waals surface area (Å²) in [5.41, 5.74) is -0.517. The minimum absolute atomic E-state index is 0.0514. The number of aliphatic carboxylic acids is 1. The topological polar surface area (TPSA) is 102 Å². The highest BCUT2D eigenvalue weighted by Gasteiger charge is 2.15. The molecule has 7 heteroatoms. The molecule has 0 aromatic carbocycles. The molecule has 0 unspecified atom stereocenters. The van der Waals surface area contributed by atoms with Gasteiger partial charge in [0, 0.05) is 13.0 Å². The van der Waals surface area contributed by atoms with Crippen LogP contribution in [0.5, 0.6) is 0 Å². The number of nitrogens with one attached hydrogen (secondary N) is 1. The Kier molecular flexibility index (Phi) is 10.7. The number of methoxy groups -OCH3 is 1. The number of carboxylic acids is 1. The summed E-state index contributed by atoms with van der Waals surface area (Å²) in [5, 5.41) is 10.8. The van der Waals surface area contributed by atoms with Gasteiger partial charge in [0.2, 0.25) is 0 Å². The maximum absolute atomic E-state index is 11.0. The highest BCUT2D eigenvalue weighted by molar-refractivity contribution is 5.68. The van der Waals surface area contributed by atoms with E-state index in [4.69, 9.17) is 14.6 Å². The molecule has 0 saturated heterocycles. The standard InChI is InChI=1S/C9H17NO4.C2H4O2/c1-9(2,3)14-8(13)10-6-4-5-7(11)12;1-4-2-3/h4-6H2,1-3H3,(H,10,13)(H,11,12);2H,1H3. The molecule has 0 heterocycles. The number of hydrogen-bond donors (Lipinski definition) is 2. The molecule has 0 bridgehead atoms. The third kappa shape index (κ3) is 19.7. The number of hydrogen-bond acceptors (Lipinski definition) is 5. The van der Waals surface area contributed by atoms with Crippen LogP contribution >= 0.6 is 0 Å². The van der Waals surface area contributed by atoms with E-state index in [9.17, 15) is 9.59 Å². The number of alkyl carbamates (subject to hydrolysis) is 1. The first-order chi connectivity index (χ1) is 8.22. The van der Waals surface area contributed by atoms with Crippen LogP contribution in [0.2, 0.25) is 0 Å². The molecule has 0 fully saturated rings. The van der Waals surface area contributed by atoms with Gasteiger partial charge in [0.1, 0.15) is 5.60 Å². The van der Waals surface area contributed by atoms with E-state index in [1.54, 1.807) is 20.8 Å². The average molecular weight is 263 g/mol. The lowest BCUT2D eigenvalue weighted by Crippen LogP contribution is -2.33. The van der Waals surface area contributed by atoms with E-state index in [1.165, 1.54) is 7.11 Å². The van der Waals surface area contributed by atoms with Gasteiger partial charge in [-0.05, 0) is 27.2 Å². The first-order valence-electron chi connectivity index (χ1n) is 5.38. The Hall–Kier alpha value is -1.79. The molecular weight excluding hydrogens is 242 g/mol. The lowest BCUT2D eigenvalue weighted by molar-refractivity contribution is -0.137. The van der Waals surface area contributed by atoms with E-state index in [-0.39, 0.29) is 6.42 Å². The summed E-state index contributed by atoms with van der Waals surface area (Å²) in [5.74, 6) is -0.865. The molecule has 106 valence electrons. The molecule has 0 aliphatic carbocycles. The van der Waals surface area contributed by atoms with Crippen molar-refractivity contribution < 1.29 is 29.0 Å². The largest absolute Gasteiger partial charge is 0.481 e. The van der Waals surface area contributed by atoms with Crippen molar-refractivity contribution >= 4 is 18.5 Å². The normalized spacial score (nSPS) is 9.56. The fourth-order valence-electron chi connectivity index (χ4n) is 0.744. The minimum Gasteiger partial charge on any atom is -0.481 e. The van der Waals surface area contributed by atoms with Crippen LogP contribution in [0.25, 0.3) is 0 Å². The lowest BCUT2D eigenvalue weighted by Gasteiger charge is -2.19. The molecule has 0 aromatic rings. The Morgan fingerprint density at radius 2 is 1.83 bits per heavy atom. The fourth-order valence-corrected chi connectivity index (χ4v) is 0.744. The van der Waals surface area contributed by atoms with Crippen molar-refractivity contribution in [1.29, 1.82) is 0 Å². The Bertz CT molecular complexity index is 259. The van der Waals surface area contributed by atoms with E-state index < -0.39 is 17.7 Å². The summed E-state index contributed by atoms with van der Waals surface area (Å²) >= 11 is 0. The molecule has 0 spiro atoms. The molecule has 0 radical (unpaired) electrons. The van der Waals surface area contributed by atoms with Crippen molar-refractivity contribution in [2.75, 3.05) is 13.7 Å². The van der Waals surface area contributed by atoms with Crippen molar-refractivity contribution in [3.63, 3.8) is 0 Å². The number of carbonyl (C=O) groups excluding carboxylic acids is 2. The van der Waals surface area contributed by atoms with Crippen LogP contribution in [0.1, 0.15) is 33.6 Å². The number of rotatable bonds is 5. The van der Waals surface area contributed by atoms with Crippen molar-refractivity contribution in [1.82, 2.24) is 5.32 Å². The summed E-state index contributed by atoms with van der Waals surface area (Å²) in [7, 11) is 1.31. The third-order valence-corrected chi connectivity index (χ3v) is 1.33. The summed E-state index contributed by atoms with van der Waals surface area (Å²) in [4.78, 5) is 30.1. The van der Waals surface area contributed by atoms with Crippen LogP contribution in [0, 0.1) is 0 Å². The van der Waals surface area contributed by atoms with Gasteiger partial charge in [-0.3, -0.25) is 9.59 Å². The van der Waals surface area contributed by atoms with Gasteiger partial charge in [0.15, 0.2) is 0 Å². The first-order valence-corrected chi connectivity index (χ1v) is 5.38. The second-order valence-electron chi connectivity index (χ2n) is 4.26. The highest BCUT2D eigenvalue weighted by Crippen LogP contribution is 2.06. The van der Waals surface area contributed by atoms with Gasteiger partial charge < -0.3 is 19.9 Å². The van der Waals surface area contributed by atoms with Crippen LogP contribution in [-0.4, -0.2) is 42.9 Å². The van der Waals surface area contributed by atoms with Crippen LogP contribution < -0.4 is 5.32 Å². The van der Waals surface area contributed by atoms with Gasteiger partial charge in [0.25, 0.3) is 6.47 Å². The van der Waals surface area contributed by atoms with Gasteiger partial charge in [0.05, 0.1) is 7.11 Å². The zero-order valence-corrected chi connectivity index (χ0v) is 11.2. The minimum atomic E-state index is -0.865. The van der Waals surface area contributed by atoms with Crippen molar-refractivity contribution in [3.8, 4) is 0 Å². The first kappa shape index (κ1) is 18.6. The highest BCUT2D eigenvalue weighted by atomic mass is 16.6. The Balaban J connectivity index is 0. The molecule has 0 atom stereocenters. The molecule has 0 rings (SSSR count). The SMILES string of the molecule is CC(C)(C)OC(=O)NCCCC(=O)O.COC=O. The van der Waals surface area contributed by atoms with Crippen molar-refractivity contribution in [2.45, 2.75) is 39.2 Å². The average Bonchev–Trinajstić information content (AvgIpc) is 2.22. The molecule has 1 amide bonds. The molecule has 7 nitrogen and oxygen atoms in total. The second kappa shape index (κ2) is 10.4. The monoisotopic (exact) mass is 263 g/mol. The maximum Gasteiger partial charge on any atom is 0.407 e. The van der Waals surface area contributed by atoms with Gasteiger partial charge in [-0.25, -0.2) is 4.79 Å². The van der Waals surface area contributed by atoms with Crippen LogP contribution in [0.4, 0.5) is 4.79 Å². The van der Waals surface area contributed by atoms with E-state index >= 15 is 0 Å². The van der Waals surface area contributed by atoms with E-state index in [1.807, 2.05) is 0 Å². The third-order valence-electron chi connectivity index (χ3n) is 1.33. The maximum atomic E-state index is 11.0. The van der Waals surface area contributed by atoms with E-state index in [0.717, 1.165) is 0 Å². The molecular formula is C11H21NO6. The Morgan fingerprint density at radius 1 is 1.33 bits per heavy atom. The smallest absolute Gasteiger partial charge is 0.407 e. The summed E-state index contributed by atoms with van der Waals surface area (Å²) in [6.07, 6.45) is -0.0485. The molecule has 0 aromatic heterocycles. The van der Waals surface area contributed by atoms with Gasteiger partial charge in [-0.15, -0.1) is 0 Å². The van der Waals surface area contributed by atoms with Gasteiger partial charge in [-0.2, -0.15) is 0 Å². The zero-order valence-electron chi connectivity index (χ0n) is 11.2. The van der Waals surface area contributed by atoms with E-state index in [0.29, 0.717) is 19.4 Å². The fraction of sp³-hybridized carbons (Fsp3) is 0.727. The van der Waals surface area contributed by atoms with Crippen LogP contribution in [-0.2, 0) is 19.1 Å². The predicted octanol–water partition coefficient (Wildman–Crippen LogP) is 1.17. The molecule has 0 aliphatic heterocycles. The molecule has 0 aliphatic rings. The van der Waals surface area contributed by atoms with Gasteiger partial charge >= 0.3 is 12.1 Å². The summed E-state index contributed by atoms with van der Waals surface area (Å²) < 4.78 is 8.81. The zero-order chi connectivity index (χ0) is 14.6. The van der Waals surface area contributed by atoms with Crippen LogP contribution in [0.3, 0.4) is 0 Å². The Morgan fingerprint density at radius 3 is 2.17 bits per heavy atom. The number of amides is 1. The number of carboxylic acid groups (broad SMARTS) is 1. The Labute approximate surface area is 106 Å².